The Labute approximate surface area is 211 Å². The lowest BCUT2D eigenvalue weighted by Crippen LogP contribution is -2.42. The highest BCUT2D eigenvalue weighted by Gasteiger charge is 2.33. The molecule has 0 spiro atoms. The van der Waals surface area contributed by atoms with E-state index in [4.69, 9.17) is 27.9 Å². The summed E-state index contributed by atoms with van der Waals surface area (Å²) < 4.78 is 35.3. The molecule has 1 unspecified atom stereocenters. The van der Waals surface area contributed by atoms with Crippen LogP contribution in [0.25, 0.3) is 10.2 Å². The van der Waals surface area contributed by atoms with Crippen molar-refractivity contribution in [3.05, 3.63) is 63.9 Å². The van der Waals surface area contributed by atoms with Crippen LogP contribution in [0.1, 0.15) is 12.8 Å². The van der Waals surface area contributed by atoms with E-state index in [1.807, 2.05) is 0 Å². The normalized spacial score (nSPS) is 17.7. The number of hydrogen-bond donors (Lipinski definition) is 0. The number of allylic oxidation sites excluding steroid dienone is 1. The van der Waals surface area contributed by atoms with Gasteiger partial charge in [-0.1, -0.05) is 40.6 Å². The summed E-state index contributed by atoms with van der Waals surface area (Å²) in [6, 6.07) is 9.62. The van der Waals surface area contributed by atoms with Crippen molar-refractivity contribution in [1.29, 1.82) is 0 Å². The smallest absolute Gasteiger partial charge is 0.252 e. The highest BCUT2D eigenvalue weighted by atomic mass is 35.5. The molecule has 0 aliphatic carbocycles. The van der Waals surface area contributed by atoms with Gasteiger partial charge in [0.2, 0.25) is 10.0 Å². The number of piperidine rings is 1. The van der Waals surface area contributed by atoms with E-state index in [9.17, 15) is 13.2 Å². The maximum absolute atomic E-state index is 13.2. The molecule has 1 atom stereocenters. The molecular weight excluding hydrogens is 517 g/mol. The number of benzene rings is 2. The number of rotatable bonds is 6. The lowest BCUT2D eigenvalue weighted by atomic mass is 9.99. The zero-order valence-electron chi connectivity index (χ0n) is 18.4. The van der Waals surface area contributed by atoms with Crippen molar-refractivity contribution in [2.24, 2.45) is 10.9 Å². The summed E-state index contributed by atoms with van der Waals surface area (Å²) in [7, 11) is -2.22. The number of nitrogens with zero attached hydrogens (tertiary/aromatic N) is 3. The molecule has 1 aliphatic heterocycles. The zero-order chi connectivity index (χ0) is 24.5. The highest BCUT2D eigenvalue weighted by molar-refractivity contribution is 7.89. The Hall–Kier alpha value is -2.17. The molecule has 0 saturated carbocycles. The first-order chi connectivity index (χ1) is 16.3. The molecule has 180 valence electrons. The number of carbonyl (C=O) groups is 1. The van der Waals surface area contributed by atoms with Crippen LogP contribution in [-0.4, -0.2) is 43.4 Å². The van der Waals surface area contributed by atoms with Crippen molar-refractivity contribution in [2.75, 3.05) is 20.2 Å². The Kier molecular flexibility index (Phi) is 7.49. The number of hydrogen-bond acceptors (Lipinski definition) is 5. The van der Waals surface area contributed by atoms with Crippen molar-refractivity contribution < 1.29 is 17.9 Å². The lowest BCUT2D eigenvalue weighted by molar-refractivity contribution is -0.122. The quantitative estimate of drug-likeness (QED) is 0.424. The Morgan fingerprint density at radius 1 is 1.24 bits per heavy atom. The molecule has 7 nitrogen and oxygen atoms in total. The third-order valence-corrected chi connectivity index (χ3v) is 9.40. The summed E-state index contributed by atoms with van der Waals surface area (Å²) in [6.45, 7) is 4.60. The highest BCUT2D eigenvalue weighted by Crippen LogP contribution is 2.32. The maximum atomic E-state index is 13.2. The van der Waals surface area contributed by atoms with Crippen LogP contribution >= 0.6 is 34.5 Å². The van der Waals surface area contributed by atoms with Crippen molar-refractivity contribution in [3.8, 4) is 5.75 Å². The van der Waals surface area contributed by atoms with Gasteiger partial charge in [0.25, 0.3) is 5.91 Å². The molecule has 1 aromatic heterocycles. The van der Waals surface area contributed by atoms with E-state index >= 15 is 0 Å². The van der Waals surface area contributed by atoms with Crippen LogP contribution in [0.4, 0.5) is 0 Å². The molecule has 2 aromatic carbocycles. The van der Waals surface area contributed by atoms with E-state index in [1.165, 1.54) is 34.9 Å². The van der Waals surface area contributed by atoms with Crippen molar-refractivity contribution in [3.63, 3.8) is 0 Å². The largest absolute Gasteiger partial charge is 0.497 e. The van der Waals surface area contributed by atoms with Crippen molar-refractivity contribution in [1.82, 2.24) is 8.87 Å². The first kappa shape index (κ1) is 24.9. The van der Waals surface area contributed by atoms with Crippen LogP contribution in [0.5, 0.6) is 5.75 Å². The number of thiazole rings is 1. The van der Waals surface area contributed by atoms with Gasteiger partial charge in [0.05, 0.1) is 38.2 Å². The summed E-state index contributed by atoms with van der Waals surface area (Å²) in [5, 5.41) is 1.02. The molecule has 1 saturated heterocycles. The standard InChI is InChI=1S/C23H23Cl2N3O4S2/c1-3-12-28-20-18(24)10-11-19(25)21(20)33-23(28)26-22(29)15-5-4-13-27(14-15)34(30,31)17-8-6-16(32-2)7-9-17/h3,6-11,15H,1,4-5,12-14H2,2H3. The van der Waals surface area contributed by atoms with E-state index in [2.05, 4.69) is 11.6 Å². The average molecular weight is 540 g/mol. The second kappa shape index (κ2) is 10.2. The minimum Gasteiger partial charge on any atom is -0.497 e. The Bertz CT molecular complexity index is 1410. The molecule has 1 amide bonds. The molecule has 2 heterocycles. The Morgan fingerprint density at radius 2 is 1.94 bits per heavy atom. The number of carbonyl (C=O) groups excluding carboxylic acids is 1. The number of halogens is 2. The summed E-state index contributed by atoms with van der Waals surface area (Å²) in [5.74, 6) is -0.345. The number of amides is 1. The lowest BCUT2D eigenvalue weighted by Gasteiger charge is -2.30. The number of fused-ring (bicyclic) bond motifs is 1. The molecule has 34 heavy (non-hydrogen) atoms. The van der Waals surface area contributed by atoms with E-state index in [-0.39, 0.29) is 17.3 Å². The van der Waals surface area contributed by atoms with Gasteiger partial charge < -0.3 is 9.30 Å². The second-order valence-electron chi connectivity index (χ2n) is 7.82. The van der Waals surface area contributed by atoms with Gasteiger partial charge in [-0.2, -0.15) is 9.30 Å². The van der Waals surface area contributed by atoms with E-state index in [0.29, 0.717) is 52.0 Å². The molecule has 3 aromatic rings. The first-order valence-corrected chi connectivity index (χ1v) is 13.6. The SMILES string of the molecule is C=CCn1c(=NC(=O)C2CCCN(S(=O)(=O)c3ccc(OC)cc3)C2)sc2c(Cl)ccc(Cl)c21. The molecular formula is C23H23Cl2N3O4S2. The minimum absolute atomic E-state index is 0.0740. The van der Waals surface area contributed by atoms with E-state index in [0.717, 1.165) is 4.70 Å². The van der Waals surface area contributed by atoms with Gasteiger partial charge in [-0.05, 0) is 49.2 Å². The third kappa shape index (κ3) is 4.81. The van der Waals surface area contributed by atoms with Gasteiger partial charge in [0.1, 0.15) is 5.75 Å². The Morgan fingerprint density at radius 3 is 2.62 bits per heavy atom. The Balaban J connectivity index is 1.64. The van der Waals surface area contributed by atoms with Crippen LogP contribution in [0, 0.1) is 5.92 Å². The van der Waals surface area contributed by atoms with Crippen molar-refractivity contribution >= 4 is 60.7 Å². The van der Waals surface area contributed by atoms with Crippen LogP contribution < -0.4 is 9.54 Å². The molecule has 1 fully saturated rings. The van der Waals surface area contributed by atoms with Gasteiger partial charge in [0, 0.05) is 19.6 Å². The minimum atomic E-state index is -3.74. The summed E-state index contributed by atoms with van der Waals surface area (Å²) in [4.78, 5) is 18.1. The second-order valence-corrected chi connectivity index (χ2v) is 11.5. The van der Waals surface area contributed by atoms with Crippen LogP contribution in [0.3, 0.4) is 0 Å². The molecule has 1 aliphatic rings. The van der Waals surface area contributed by atoms with Crippen LogP contribution in [-0.2, 0) is 21.4 Å². The van der Waals surface area contributed by atoms with Gasteiger partial charge in [-0.25, -0.2) is 8.42 Å². The molecule has 0 radical (unpaired) electrons. The fourth-order valence-electron chi connectivity index (χ4n) is 3.94. The fraction of sp³-hybridized carbons (Fsp3) is 0.304. The van der Waals surface area contributed by atoms with Gasteiger partial charge in [0.15, 0.2) is 4.80 Å². The number of sulfonamides is 1. The molecule has 0 N–H and O–H groups in total. The number of ether oxygens (including phenoxy) is 1. The van der Waals surface area contributed by atoms with Crippen molar-refractivity contribution in [2.45, 2.75) is 24.3 Å². The predicted molar refractivity (Wildman–Crippen MR) is 135 cm³/mol. The maximum Gasteiger partial charge on any atom is 0.252 e. The number of methoxy groups -OCH3 is 1. The average Bonchev–Trinajstić information content (AvgIpc) is 3.21. The third-order valence-electron chi connectivity index (χ3n) is 5.68. The van der Waals surface area contributed by atoms with E-state index < -0.39 is 15.9 Å². The summed E-state index contributed by atoms with van der Waals surface area (Å²) in [5.41, 5.74) is 0.693. The number of aromatic nitrogens is 1. The van der Waals surface area contributed by atoms with Crippen LogP contribution in [0.15, 0.2) is 58.9 Å². The zero-order valence-corrected chi connectivity index (χ0v) is 21.6. The van der Waals surface area contributed by atoms with Gasteiger partial charge in [-0.15, -0.1) is 6.58 Å². The molecule has 11 heteroatoms. The summed E-state index contributed by atoms with van der Waals surface area (Å²) in [6.07, 6.45) is 2.82. The predicted octanol–water partition coefficient (Wildman–Crippen LogP) is 4.73. The molecule has 4 rings (SSSR count). The fourth-order valence-corrected chi connectivity index (χ4v) is 7.12. The molecule has 0 bridgehead atoms. The van der Waals surface area contributed by atoms with Crippen LogP contribution in [0.2, 0.25) is 10.0 Å². The first-order valence-electron chi connectivity index (χ1n) is 10.6. The van der Waals surface area contributed by atoms with Gasteiger partial charge in [-0.3, -0.25) is 4.79 Å². The topological polar surface area (TPSA) is 81.0 Å². The van der Waals surface area contributed by atoms with Gasteiger partial charge >= 0.3 is 0 Å². The van der Waals surface area contributed by atoms with E-state index in [1.54, 1.807) is 34.9 Å². The summed E-state index contributed by atoms with van der Waals surface area (Å²) >= 11 is 14.0. The monoisotopic (exact) mass is 539 g/mol.